The minimum absolute atomic E-state index is 0.0150. The van der Waals surface area contributed by atoms with Gasteiger partial charge in [0.25, 0.3) is 10.0 Å². The third-order valence-corrected chi connectivity index (χ3v) is 9.57. The van der Waals surface area contributed by atoms with Crippen molar-refractivity contribution in [2.24, 2.45) is 0 Å². The molecule has 236 valence electrons. The summed E-state index contributed by atoms with van der Waals surface area (Å²) in [6, 6.07) is 28.2. The first-order valence-corrected chi connectivity index (χ1v) is 17.1. The third-order valence-electron chi connectivity index (χ3n) is 7.00. The molecular formula is C34H35BrClN3O5S. The van der Waals surface area contributed by atoms with Crippen molar-refractivity contribution in [1.29, 1.82) is 0 Å². The minimum atomic E-state index is -4.21. The number of anilines is 1. The Bertz CT molecular complexity index is 1670. The van der Waals surface area contributed by atoms with Crippen LogP contribution in [-0.4, -0.2) is 50.9 Å². The van der Waals surface area contributed by atoms with Crippen molar-refractivity contribution in [3.63, 3.8) is 0 Å². The average molecular weight is 713 g/mol. The molecule has 0 aromatic heterocycles. The first-order valence-electron chi connectivity index (χ1n) is 14.5. The van der Waals surface area contributed by atoms with E-state index < -0.39 is 28.5 Å². The molecule has 0 spiro atoms. The highest BCUT2D eigenvalue weighted by Crippen LogP contribution is 2.28. The van der Waals surface area contributed by atoms with Crippen LogP contribution in [0.1, 0.15) is 25.0 Å². The van der Waals surface area contributed by atoms with Crippen molar-refractivity contribution in [1.82, 2.24) is 10.2 Å². The number of benzene rings is 4. The van der Waals surface area contributed by atoms with E-state index >= 15 is 0 Å². The second-order valence-corrected chi connectivity index (χ2v) is 13.4. The molecule has 4 aromatic rings. The van der Waals surface area contributed by atoms with Gasteiger partial charge in [0.15, 0.2) is 0 Å². The monoisotopic (exact) mass is 711 g/mol. The number of hydrogen-bond acceptors (Lipinski definition) is 5. The molecule has 2 amide bonds. The standard InChI is InChI=1S/C34H35BrClN3O5S/c1-3-37-34(41)32(22-25-8-6-5-7-9-25)38(23-26-10-14-28(36)15-11-26)33(40)24-39(29-16-18-30(19-17-29)44-4-2)45(42,43)31-20-12-27(35)13-21-31/h5-21,32H,3-4,22-24H2,1-2H3,(H,37,41). The lowest BCUT2D eigenvalue weighted by Gasteiger charge is -2.34. The number of sulfonamides is 1. The van der Waals surface area contributed by atoms with Gasteiger partial charge in [-0.1, -0.05) is 70.0 Å². The maximum atomic E-state index is 14.4. The van der Waals surface area contributed by atoms with Gasteiger partial charge in [-0.3, -0.25) is 13.9 Å². The first-order chi connectivity index (χ1) is 21.6. The lowest BCUT2D eigenvalue weighted by molar-refractivity contribution is -0.140. The van der Waals surface area contributed by atoms with E-state index in [4.69, 9.17) is 16.3 Å². The number of amides is 2. The molecule has 8 nitrogen and oxygen atoms in total. The van der Waals surface area contributed by atoms with E-state index in [1.54, 1.807) is 67.6 Å². The average Bonchev–Trinajstić information content (AvgIpc) is 3.03. The highest BCUT2D eigenvalue weighted by molar-refractivity contribution is 9.10. The minimum Gasteiger partial charge on any atom is -0.494 e. The van der Waals surface area contributed by atoms with Crippen molar-refractivity contribution in [3.05, 3.63) is 124 Å². The predicted molar refractivity (Wildman–Crippen MR) is 181 cm³/mol. The van der Waals surface area contributed by atoms with E-state index in [-0.39, 0.29) is 29.5 Å². The number of carbonyl (C=O) groups excluding carboxylic acids is 2. The van der Waals surface area contributed by atoms with Gasteiger partial charge in [0.1, 0.15) is 18.3 Å². The number of nitrogens with zero attached hydrogens (tertiary/aromatic N) is 2. The van der Waals surface area contributed by atoms with Crippen molar-refractivity contribution in [2.45, 2.75) is 37.8 Å². The molecule has 1 atom stereocenters. The zero-order valence-electron chi connectivity index (χ0n) is 25.0. The largest absolute Gasteiger partial charge is 0.494 e. The number of halogens is 2. The lowest BCUT2D eigenvalue weighted by atomic mass is 10.0. The molecule has 0 bridgehead atoms. The van der Waals surface area contributed by atoms with E-state index in [0.29, 0.717) is 28.4 Å². The van der Waals surface area contributed by atoms with Gasteiger partial charge in [0.05, 0.1) is 17.2 Å². The molecule has 0 aliphatic heterocycles. The molecule has 11 heteroatoms. The van der Waals surface area contributed by atoms with Crippen molar-refractivity contribution in [3.8, 4) is 5.75 Å². The van der Waals surface area contributed by atoms with Crippen molar-refractivity contribution in [2.75, 3.05) is 24.0 Å². The molecule has 0 saturated heterocycles. The molecule has 0 saturated carbocycles. The van der Waals surface area contributed by atoms with Gasteiger partial charge < -0.3 is 15.0 Å². The Morgan fingerprint density at radius 3 is 2.11 bits per heavy atom. The Balaban J connectivity index is 1.79. The Kier molecular flexibility index (Phi) is 12.0. The molecule has 0 fully saturated rings. The maximum absolute atomic E-state index is 14.4. The second-order valence-electron chi connectivity index (χ2n) is 10.1. The number of hydrogen-bond donors (Lipinski definition) is 1. The summed E-state index contributed by atoms with van der Waals surface area (Å²) in [5, 5.41) is 3.39. The van der Waals surface area contributed by atoms with Gasteiger partial charge in [-0.15, -0.1) is 0 Å². The zero-order chi connectivity index (χ0) is 32.4. The number of rotatable bonds is 14. The van der Waals surface area contributed by atoms with Crippen molar-refractivity contribution < 1.29 is 22.7 Å². The smallest absolute Gasteiger partial charge is 0.264 e. The van der Waals surface area contributed by atoms with Crippen LogP contribution in [0.2, 0.25) is 5.02 Å². The molecule has 0 heterocycles. The van der Waals surface area contributed by atoms with Crippen LogP contribution in [0.3, 0.4) is 0 Å². The van der Waals surface area contributed by atoms with E-state index in [1.165, 1.54) is 17.0 Å². The zero-order valence-corrected chi connectivity index (χ0v) is 28.2. The summed E-state index contributed by atoms with van der Waals surface area (Å²) >= 11 is 9.48. The summed E-state index contributed by atoms with van der Waals surface area (Å²) in [4.78, 5) is 29.4. The SMILES string of the molecule is CCNC(=O)C(Cc1ccccc1)N(Cc1ccc(Cl)cc1)C(=O)CN(c1ccc(OCC)cc1)S(=O)(=O)c1ccc(Br)cc1. The first kappa shape index (κ1) is 34.0. The van der Waals surface area contributed by atoms with Gasteiger partial charge in [-0.25, -0.2) is 8.42 Å². The summed E-state index contributed by atoms with van der Waals surface area (Å²) in [6.07, 6.45) is 0.231. The number of nitrogens with one attached hydrogen (secondary N) is 1. The van der Waals surface area contributed by atoms with Crippen LogP contribution in [0.5, 0.6) is 5.75 Å². The molecule has 0 aliphatic carbocycles. The van der Waals surface area contributed by atoms with Crippen LogP contribution in [-0.2, 0) is 32.6 Å². The van der Waals surface area contributed by atoms with Crippen LogP contribution < -0.4 is 14.4 Å². The fourth-order valence-corrected chi connectivity index (χ4v) is 6.57. The molecule has 45 heavy (non-hydrogen) atoms. The van der Waals surface area contributed by atoms with Crippen LogP contribution in [0.15, 0.2) is 112 Å². The molecular weight excluding hydrogens is 678 g/mol. The maximum Gasteiger partial charge on any atom is 0.264 e. The van der Waals surface area contributed by atoms with Crippen molar-refractivity contribution >= 4 is 55.1 Å². The summed E-state index contributed by atoms with van der Waals surface area (Å²) in [5.74, 6) is -0.323. The Hall–Kier alpha value is -3.86. The molecule has 0 radical (unpaired) electrons. The van der Waals surface area contributed by atoms with Crippen LogP contribution in [0, 0.1) is 0 Å². The summed E-state index contributed by atoms with van der Waals surface area (Å²) < 4.78 is 35.6. The fraction of sp³-hybridized carbons (Fsp3) is 0.235. The Morgan fingerprint density at radius 2 is 1.51 bits per heavy atom. The van der Waals surface area contributed by atoms with Gasteiger partial charge in [-0.2, -0.15) is 0 Å². The topological polar surface area (TPSA) is 96.0 Å². The molecule has 4 aromatic carbocycles. The molecule has 1 N–H and O–H groups in total. The van der Waals surface area contributed by atoms with E-state index in [1.807, 2.05) is 37.3 Å². The molecule has 0 aliphatic rings. The third kappa shape index (κ3) is 9.09. The van der Waals surface area contributed by atoms with Gasteiger partial charge in [0, 0.05) is 29.0 Å². The van der Waals surface area contributed by atoms with Gasteiger partial charge >= 0.3 is 0 Å². The number of ether oxygens (including phenoxy) is 1. The van der Waals surface area contributed by atoms with E-state index in [2.05, 4.69) is 21.2 Å². The highest BCUT2D eigenvalue weighted by atomic mass is 79.9. The molecule has 1 unspecified atom stereocenters. The van der Waals surface area contributed by atoms with E-state index in [0.717, 1.165) is 15.4 Å². The summed E-state index contributed by atoms with van der Waals surface area (Å²) in [6.45, 7) is 3.98. The summed E-state index contributed by atoms with van der Waals surface area (Å²) in [5.41, 5.74) is 1.87. The quantitative estimate of drug-likeness (QED) is 0.162. The molecule has 4 rings (SSSR count). The van der Waals surface area contributed by atoms with Crippen LogP contribution in [0.25, 0.3) is 0 Å². The lowest BCUT2D eigenvalue weighted by Crippen LogP contribution is -2.53. The Labute approximate surface area is 278 Å². The van der Waals surface area contributed by atoms with Gasteiger partial charge in [-0.05, 0) is 85.6 Å². The van der Waals surface area contributed by atoms with Crippen LogP contribution in [0.4, 0.5) is 5.69 Å². The van der Waals surface area contributed by atoms with Crippen LogP contribution >= 0.6 is 27.5 Å². The highest BCUT2D eigenvalue weighted by Gasteiger charge is 2.34. The normalized spacial score (nSPS) is 11.8. The Morgan fingerprint density at radius 1 is 0.867 bits per heavy atom. The fourth-order valence-electron chi connectivity index (χ4n) is 4.77. The van der Waals surface area contributed by atoms with Gasteiger partial charge in [0.2, 0.25) is 11.8 Å². The number of likely N-dealkylation sites (N-methyl/N-ethyl adjacent to an activating group) is 1. The predicted octanol–water partition coefficient (Wildman–Crippen LogP) is 6.47. The second kappa shape index (κ2) is 15.9. The summed E-state index contributed by atoms with van der Waals surface area (Å²) in [7, 11) is -4.21. The van der Waals surface area contributed by atoms with E-state index in [9.17, 15) is 18.0 Å². The number of carbonyl (C=O) groups is 2.